The van der Waals surface area contributed by atoms with E-state index in [1.54, 1.807) is 0 Å². The Labute approximate surface area is 97.5 Å². The van der Waals surface area contributed by atoms with Crippen molar-refractivity contribution in [3.63, 3.8) is 0 Å². The Balaban J connectivity index is -0.000000179. The highest BCUT2D eigenvalue weighted by molar-refractivity contribution is 7.31. The summed E-state index contributed by atoms with van der Waals surface area (Å²) in [5.41, 5.74) is 0. The molecule has 0 aromatic rings. The summed E-state index contributed by atoms with van der Waals surface area (Å²) in [6.07, 6.45) is 8.61. The molecular formula is C8H22O6P2. The van der Waals surface area contributed by atoms with Crippen LogP contribution >= 0.6 is 16.5 Å². The van der Waals surface area contributed by atoms with Crippen molar-refractivity contribution in [2.24, 2.45) is 0 Å². The van der Waals surface area contributed by atoms with Gasteiger partial charge < -0.3 is 19.6 Å². The predicted molar refractivity (Wildman–Crippen MR) is 65.8 cm³/mol. The monoisotopic (exact) mass is 276 g/mol. The van der Waals surface area contributed by atoms with Gasteiger partial charge in [0.15, 0.2) is 0 Å². The molecule has 0 amide bonds. The maximum absolute atomic E-state index is 8.74. The maximum atomic E-state index is 8.74. The standard InChI is InChI=1S/C8H16.2H3O3P/c1-3-5-7-8-6-4-2;2*1-4(2)3/h3H,1,4-8H2,2H3;2*4H,(H2,1,2,3). The van der Waals surface area contributed by atoms with E-state index in [9.17, 15) is 0 Å². The van der Waals surface area contributed by atoms with Crippen LogP contribution in [0.4, 0.5) is 0 Å². The van der Waals surface area contributed by atoms with Crippen LogP contribution in [-0.4, -0.2) is 19.6 Å². The normalized spacial score (nSPS) is 8.94. The number of allylic oxidation sites excluding steroid dienone is 1. The van der Waals surface area contributed by atoms with Gasteiger partial charge in [-0.05, 0) is 12.8 Å². The smallest absolute Gasteiger partial charge is 0.314 e. The molecule has 0 atom stereocenters. The van der Waals surface area contributed by atoms with Gasteiger partial charge in [-0.25, -0.2) is 0 Å². The lowest BCUT2D eigenvalue weighted by Crippen LogP contribution is -1.71. The molecule has 0 aliphatic heterocycles. The molecule has 0 aromatic carbocycles. The molecule has 0 heterocycles. The number of hydrogen-bond acceptors (Lipinski definition) is 2. The first-order valence-corrected chi connectivity index (χ1v) is 7.43. The van der Waals surface area contributed by atoms with Crippen molar-refractivity contribution in [2.75, 3.05) is 0 Å². The Bertz CT molecular complexity index is 165. The molecule has 0 radical (unpaired) electrons. The lowest BCUT2D eigenvalue weighted by atomic mass is 10.2. The van der Waals surface area contributed by atoms with Crippen molar-refractivity contribution in [1.82, 2.24) is 0 Å². The zero-order chi connectivity index (χ0) is 13.4. The van der Waals surface area contributed by atoms with E-state index in [2.05, 4.69) is 13.5 Å². The average Bonchev–Trinajstić information content (AvgIpc) is 2.11. The molecule has 0 unspecified atom stereocenters. The van der Waals surface area contributed by atoms with Gasteiger partial charge in [-0.3, -0.25) is 9.13 Å². The summed E-state index contributed by atoms with van der Waals surface area (Å²) in [7, 11) is -6.26. The van der Waals surface area contributed by atoms with Crippen LogP contribution in [0.5, 0.6) is 0 Å². The van der Waals surface area contributed by atoms with E-state index in [0.29, 0.717) is 0 Å². The molecule has 100 valence electrons. The summed E-state index contributed by atoms with van der Waals surface area (Å²) in [6.45, 7) is 5.89. The van der Waals surface area contributed by atoms with E-state index in [-0.39, 0.29) is 0 Å². The second-order valence-corrected chi connectivity index (χ2v) is 3.83. The quantitative estimate of drug-likeness (QED) is 0.346. The van der Waals surface area contributed by atoms with Gasteiger partial charge in [0.2, 0.25) is 0 Å². The molecule has 8 heteroatoms. The Hall–Kier alpha value is 0.0400. The second kappa shape index (κ2) is 20.5. The molecule has 0 saturated carbocycles. The van der Waals surface area contributed by atoms with Gasteiger partial charge >= 0.3 is 16.5 Å². The predicted octanol–water partition coefficient (Wildman–Crippen LogP) is 1.86. The Kier molecular flexibility index (Phi) is 27.3. The van der Waals surface area contributed by atoms with E-state index in [1.807, 2.05) is 6.08 Å². The summed E-state index contributed by atoms with van der Waals surface area (Å²) < 4.78 is 17.5. The molecule has 6 nitrogen and oxygen atoms in total. The second-order valence-electron chi connectivity index (χ2n) is 2.70. The van der Waals surface area contributed by atoms with Gasteiger partial charge in [-0.2, -0.15) is 0 Å². The Morgan fingerprint density at radius 2 is 1.38 bits per heavy atom. The molecule has 16 heavy (non-hydrogen) atoms. The van der Waals surface area contributed by atoms with E-state index in [1.165, 1.54) is 32.1 Å². The summed E-state index contributed by atoms with van der Waals surface area (Å²) in [5, 5.41) is 0. The van der Waals surface area contributed by atoms with E-state index in [4.69, 9.17) is 28.7 Å². The minimum Gasteiger partial charge on any atom is -0.326 e. The van der Waals surface area contributed by atoms with Crippen LogP contribution in [0.15, 0.2) is 12.7 Å². The fourth-order valence-corrected chi connectivity index (χ4v) is 0.715. The molecule has 4 N–H and O–H groups in total. The fraction of sp³-hybridized carbons (Fsp3) is 0.750. The minimum absolute atomic E-state index is 1.19. The third kappa shape index (κ3) is 94.0. The van der Waals surface area contributed by atoms with Crippen LogP contribution in [0.2, 0.25) is 0 Å². The lowest BCUT2D eigenvalue weighted by molar-refractivity contribution is 0.403. The van der Waals surface area contributed by atoms with Crippen LogP contribution in [-0.2, 0) is 9.13 Å². The molecule has 0 fully saturated rings. The van der Waals surface area contributed by atoms with E-state index in [0.717, 1.165) is 0 Å². The van der Waals surface area contributed by atoms with Gasteiger partial charge in [0.1, 0.15) is 0 Å². The zero-order valence-electron chi connectivity index (χ0n) is 9.43. The van der Waals surface area contributed by atoms with Gasteiger partial charge in [0, 0.05) is 0 Å². The van der Waals surface area contributed by atoms with Gasteiger partial charge in [-0.15, -0.1) is 6.58 Å². The molecule has 0 spiro atoms. The van der Waals surface area contributed by atoms with Crippen molar-refractivity contribution < 1.29 is 28.7 Å². The first kappa shape index (κ1) is 21.3. The molecule has 0 bridgehead atoms. The van der Waals surface area contributed by atoms with Crippen LogP contribution in [0.1, 0.15) is 39.0 Å². The summed E-state index contributed by atoms with van der Waals surface area (Å²) in [5.74, 6) is 0. The van der Waals surface area contributed by atoms with Crippen LogP contribution in [0, 0.1) is 0 Å². The maximum Gasteiger partial charge on any atom is 0.314 e. The number of rotatable bonds is 5. The Morgan fingerprint density at radius 3 is 1.62 bits per heavy atom. The van der Waals surface area contributed by atoms with Gasteiger partial charge in [0.05, 0.1) is 0 Å². The van der Waals surface area contributed by atoms with Gasteiger partial charge in [-0.1, -0.05) is 32.3 Å². The lowest BCUT2D eigenvalue weighted by Gasteiger charge is -1.91. The molecule has 0 aliphatic carbocycles. The van der Waals surface area contributed by atoms with E-state index < -0.39 is 16.5 Å². The molecular weight excluding hydrogens is 254 g/mol. The Morgan fingerprint density at radius 1 is 1.00 bits per heavy atom. The largest absolute Gasteiger partial charge is 0.326 e. The topological polar surface area (TPSA) is 115 Å². The van der Waals surface area contributed by atoms with Crippen molar-refractivity contribution in [1.29, 1.82) is 0 Å². The highest BCUT2D eigenvalue weighted by Gasteiger charge is 1.81. The summed E-state index contributed by atoms with van der Waals surface area (Å²) in [4.78, 5) is 28.6. The third-order valence-corrected chi connectivity index (χ3v) is 1.26. The third-order valence-electron chi connectivity index (χ3n) is 1.26. The van der Waals surface area contributed by atoms with Crippen molar-refractivity contribution >= 4 is 16.5 Å². The molecule has 0 aromatic heterocycles. The SMILES string of the molecule is C=CCCCCCC.O=[PH](O)O.O=[PH](O)O. The summed E-state index contributed by atoms with van der Waals surface area (Å²) >= 11 is 0. The van der Waals surface area contributed by atoms with Crippen LogP contribution in [0.3, 0.4) is 0 Å². The average molecular weight is 276 g/mol. The van der Waals surface area contributed by atoms with Crippen LogP contribution in [0.25, 0.3) is 0 Å². The fourth-order valence-electron chi connectivity index (χ4n) is 0.715. The molecule has 0 rings (SSSR count). The van der Waals surface area contributed by atoms with Crippen LogP contribution < -0.4 is 0 Å². The van der Waals surface area contributed by atoms with Crippen molar-refractivity contribution in [3.8, 4) is 0 Å². The number of hydrogen-bond donors (Lipinski definition) is 4. The van der Waals surface area contributed by atoms with E-state index >= 15 is 0 Å². The van der Waals surface area contributed by atoms with Gasteiger partial charge in [0.25, 0.3) is 0 Å². The first-order chi connectivity index (χ1) is 7.38. The number of unbranched alkanes of at least 4 members (excludes halogenated alkanes) is 4. The summed E-state index contributed by atoms with van der Waals surface area (Å²) in [6, 6.07) is 0. The molecule has 0 saturated heterocycles. The first-order valence-electron chi connectivity index (χ1n) is 4.83. The highest BCUT2D eigenvalue weighted by Crippen LogP contribution is 2.01. The van der Waals surface area contributed by atoms with Crippen molar-refractivity contribution in [2.45, 2.75) is 39.0 Å². The van der Waals surface area contributed by atoms with Crippen molar-refractivity contribution in [3.05, 3.63) is 12.7 Å². The highest BCUT2D eigenvalue weighted by atomic mass is 31.1. The zero-order valence-corrected chi connectivity index (χ0v) is 11.4. The molecule has 0 aliphatic rings. The minimum atomic E-state index is -3.13.